The number of nitrogens with one attached hydrogen (secondary N) is 1. The zero-order chi connectivity index (χ0) is 14.0. The van der Waals surface area contributed by atoms with Gasteiger partial charge in [-0.2, -0.15) is 5.10 Å². The van der Waals surface area contributed by atoms with Crippen molar-refractivity contribution in [1.82, 2.24) is 9.78 Å². The Kier molecular flexibility index (Phi) is 4.12. The second kappa shape index (κ2) is 5.63. The molecule has 1 aromatic heterocycles. The minimum atomic E-state index is 0.125. The van der Waals surface area contributed by atoms with Crippen LogP contribution in [0.3, 0.4) is 0 Å². The summed E-state index contributed by atoms with van der Waals surface area (Å²) in [6.07, 6.45) is 6.14. The van der Waals surface area contributed by atoms with E-state index in [-0.39, 0.29) is 5.84 Å². The number of amidine groups is 1. The normalized spacial score (nSPS) is 20.4. The number of aryl methyl sites for hydroxylation is 2. The highest BCUT2D eigenvalue weighted by atomic mass is 15.4. The van der Waals surface area contributed by atoms with E-state index >= 15 is 0 Å². The molecule has 5 heteroatoms. The van der Waals surface area contributed by atoms with Crippen molar-refractivity contribution in [3.05, 3.63) is 11.3 Å². The summed E-state index contributed by atoms with van der Waals surface area (Å²) in [5, 5.41) is 12.3. The molecule has 1 fully saturated rings. The Labute approximate surface area is 115 Å². The second-order valence-corrected chi connectivity index (χ2v) is 5.43. The van der Waals surface area contributed by atoms with Crippen molar-refractivity contribution in [1.29, 1.82) is 5.41 Å². The van der Waals surface area contributed by atoms with E-state index in [9.17, 15) is 0 Å². The Morgan fingerprint density at radius 2 is 2.16 bits per heavy atom. The molecule has 0 saturated carbocycles. The van der Waals surface area contributed by atoms with Crippen LogP contribution in [0.5, 0.6) is 0 Å². The molecule has 106 valence electrons. The van der Waals surface area contributed by atoms with Gasteiger partial charge in [-0.1, -0.05) is 19.8 Å². The number of nitrogens with two attached hydrogens (primary N) is 1. The van der Waals surface area contributed by atoms with Gasteiger partial charge in [0, 0.05) is 19.6 Å². The predicted molar refractivity (Wildman–Crippen MR) is 78.9 cm³/mol. The minimum Gasteiger partial charge on any atom is -0.384 e. The Hall–Kier alpha value is -1.52. The number of aromatic nitrogens is 2. The van der Waals surface area contributed by atoms with Crippen LogP contribution in [-0.2, 0) is 7.05 Å². The fourth-order valence-corrected chi connectivity index (χ4v) is 3.17. The summed E-state index contributed by atoms with van der Waals surface area (Å²) in [5.74, 6) is 1.15. The van der Waals surface area contributed by atoms with Gasteiger partial charge < -0.3 is 10.6 Å². The van der Waals surface area contributed by atoms with E-state index in [1.54, 1.807) is 0 Å². The molecule has 0 aromatic carbocycles. The number of hydrogen-bond acceptors (Lipinski definition) is 3. The molecular formula is C14H25N5. The number of hydrogen-bond donors (Lipinski definition) is 2. The molecule has 0 amide bonds. The van der Waals surface area contributed by atoms with Crippen LogP contribution in [0.25, 0.3) is 0 Å². The maximum absolute atomic E-state index is 7.82. The first-order valence-corrected chi connectivity index (χ1v) is 7.20. The number of nitrogens with zero attached hydrogens (tertiary/aromatic N) is 3. The highest BCUT2D eigenvalue weighted by Gasteiger charge is 2.27. The van der Waals surface area contributed by atoms with Crippen LogP contribution < -0.4 is 10.6 Å². The molecule has 1 aliphatic rings. The smallest absolute Gasteiger partial charge is 0.138 e. The topological polar surface area (TPSA) is 70.9 Å². The predicted octanol–water partition coefficient (Wildman–Crippen LogP) is 2.17. The molecule has 0 radical (unpaired) electrons. The molecule has 2 rings (SSSR count). The van der Waals surface area contributed by atoms with E-state index in [0.717, 1.165) is 30.0 Å². The number of rotatable bonds is 3. The van der Waals surface area contributed by atoms with Crippen LogP contribution >= 0.6 is 0 Å². The highest BCUT2D eigenvalue weighted by molar-refractivity contribution is 6.01. The Bertz CT molecular complexity index is 463. The maximum atomic E-state index is 7.82. The van der Waals surface area contributed by atoms with Crippen molar-refractivity contribution in [2.45, 2.75) is 52.0 Å². The molecular weight excluding hydrogens is 238 g/mol. The van der Waals surface area contributed by atoms with Gasteiger partial charge in [0.2, 0.25) is 0 Å². The lowest BCUT2D eigenvalue weighted by molar-refractivity contribution is 0.541. The third-order valence-electron chi connectivity index (χ3n) is 4.08. The lowest BCUT2D eigenvalue weighted by Crippen LogP contribution is -2.37. The molecule has 2 heterocycles. The fraction of sp³-hybridized carbons (Fsp3) is 0.714. The summed E-state index contributed by atoms with van der Waals surface area (Å²) in [5.41, 5.74) is 7.42. The van der Waals surface area contributed by atoms with Crippen molar-refractivity contribution in [3.63, 3.8) is 0 Å². The summed E-state index contributed by atoms with van der Waals surface area (Å²) in [6.45, 7) is 5.20. The van der Waals surface area contributed by atoms with Gasteiger partial charge >= 0.3 is 0 Å². The molecule has 0 bridgehead atoms. The SMILES string of the molecule is CCC1CCCCCN1c1c(C(=N)N)c(C)nn1C. The average Bonchev–Trinajstić information content (AvgIpc) is 2.53. The van der Waals surface area contributed by atoms with Crippen LogP contribution in [0, 0.1) is 12.3 Å². The van der Waals surface area contributed by atoms with Crippen molar-refractivity contribution in [3.8, 4) is 0 Å². The van der Waals surface area contributed by atoms with Crippen molar-refractivity contribution in [2.75, 3.05) is 11.4 Å². The Morgan fingerprint density at radius 3 is 2.79 bits per heavy atom. The van der Waals surface area contributed by atoms with E-state index in [1.165, 1.54) is 25.7 Å². The van der Waals surface area contributed by atoms with Gasteiger partial charge in [-0.25, -0.2) is 0 Å². The fourth-order valence-electron chi connectivity index (χ4n) is 3.17. The summed E-state index contributed by atoms with van der Waals surface area (Å²) in [6, 6.07) is 0.537. The van der Waals surface area contributed by atoms with Gasteiger partial charge in [0.15, 0.2) is 0 Å². The van der Waals surface area contributed by atoms with Gasteiger partial charge in [0.25, 0.3) is 0 Å². The van der Waals surface area contributed by atoms with E-state index in [1.807, 2.05) is 18.7 Å². The maximum Gasteiger partial charge on any atom is 0.138 e. The van der Waals surface area contributed by atoms with E-state index in [2.05, 4.69) is 16.9 Å². The van der Waals surface area contributed by atoms with Gasteiger partial charge in [-0.05, 0) is 26.2 Å². The van der Waals surface area contributed by atoms with E-state index < -0.39 is 0 Å². The van der Waals surface area contributed by atoms with E-state index in [4.69, 9.17) is 11.1 Å². The monoisotopic (exact) mass is 263 g/mol. The van der Waals surface area contributed by atoms with Crippen LogP contribution in [-0.4, -0.2) is 28.2 Å². The largest absolute Gasteiger partial charge is 0.384 e. The number of nitrogen functional groups attached to an aromatic ring is 1. The second-order valence-electron chi connectivity index (χ2n) is 5.43. The molecule has 3 N–H and O–H groups in total. The molecule has 1 aromatic rings. The molecule has 19 heavy (non-hydrogen) atoms. The van der Waals surface area contributed by atoms with Crippen LogP contribution in [0.15, 0.2) is 0 Å². The zero-order valence-electron chi connectivity index (χ0n) is 12.2. The van der Waals surface area contributed by atoms with Gasteiger partial charge in [0.05, 0.1) is 11.3 Å². The standard InChI is InChI=1S/C14H25N5/c1-4-11-8-6-5-7-9-19(11)14-12(13(15)16)10(2)17-18(14)3/h11H,4-9H2,1-3H3,(H3,15,16). The summed E-state index contributed by atoms with van der Waals surface area (Å²) in [7, 11) is 1.95. The highest BCUT2D eigenvalue weighted by Crippen LogP contribution is 2.29. The average molecular weight is 263 g/mol. The van der Waals surface area contributed by atoms with Crippen LogP contribution in [0.1, 0.15) is 50.3 Å². The molecule has 0 aliphatic carbocycles. The van der Waals surface area contributed by atoms with E-state index in [0.29, 0.717) is 6.04 Å². The first kappa shape index (κ1) is 13.9. The van der Waals surface area contributed by atoms with Crippen molar-refractivity contribution < 1.29 is 0 Å². The Morgan fingerprint density at radius 1 is 1.42 bits per heavy atom. The molecule has 5 nitrogen and oxygen atoms in total. The molecule has 1 saturated heterocycles. The molecule has 1 aliphatic heterocycles. The first-order valence-electron chi connectivity index (χ1n) is 7.20. The summed E-state index contributed by atoms with van der Waals surface area (Å²) < 4.78 is 1.89. The summed E-state index contributed by atoms with van der Waals surface area (Å²) >= 11 is 0. The number of anilines is 1. The van der Waals surface area contributed by atoms with Gasteiger partial charge in [-0.3, -0.25) is 10.1 Å². The Balaban J connectivity index is 2.46. The lowest BCUT2D eigenvalue weighted by atomic mass is 10.1. The third-order valence-corrected chi connectivity index (χ3v) is 4.08. The summed E-state index contributed by atoms with van der Waals surface area (Å²) in [4.78, 5) is 2.42. The zero-order valence-corrected chi connectivity index (χ0v) is 12.2. The third kappa shape index (κ3) is 2.60. The quantitative estimate of drug-likeness (QED) is 0.648. The first-order chi connectivity index (χ1) is 9.06. The van der Waals surface area contributed by atoms with Gasteiger partial charge in [0.1, 0.15) is 11.7 Å². The van der Waals surface area contributed by atoms with Crippen LogP contribution in [0.4, 0.5) is 5.82 Å². The molecule has 0 spiro atoms. The molecule has 1 atom stereocenters. The van der Waals surface area contributed by atoms with Crippen molar-refractivity contribution >= 4 is 11.7 Å². The minimum absolute atomic E-state index is 0.125. The van der Waals surface area contributed by atoms with Crippen LogP contribution in [0.2, 0.25) is 0 Å². The molecule has 1 unspecified atom stereocenters. The van der Waals surface area contributed by atoms with Gasteiger partial charge in [-0.15, -0.1) is 0 Å². The lowest BCUT2D eigenvalue weighted by Gasteiger charge is -2.32. The van der Waals surface area contributed by atoms with Crippen molar-refractivity contribution in [2.24, 2.45) is 12.8 Å².